The molecule has 2 aliphatic rings. The molecule has 18 heavy (non-hydrogen) atoms. The highest BCUT2D eigenvalue weighted by Gasteiger charge is 2.37. The number of piperazine rings is 1. The van der Waals surface area contributed by atoms with Crippen molar-refractivity contribution in [1.29, 1.82) is 0 Å². The van der Waals surface area contributed by atoms with Crippen molar-refractivity contribution in [3.8, 4) is 0 Å². The van der Waals surface area contributed by atoms with Crippen LogP contribution in [0, 0.1) is 5.92 Å². The van der Waals surface area contributed by atoms with Gasteiger partial charge in [0.15, 0.2) is 0 Å². The van der Waals surface area contributed by atoms with Crippen LogP contribution in [-0.2, 0) is 0 Å². The van der Waals surface area contributed by atoms with Crippen LogP contribution < -0.4 is 5.32 Å². The number of nitrogens with one attached hydrogen (secondary N) is 1. The van der Waals surface area contributed by atoms with Gasteiger partial charge in [-0.05, 0) is 37.9 Å². The van der Waals surface area contributed by atoms with Crippen LogP contribution in [0.3, 0.4) is 0 Å². The Morgan fingerprint density at radius 3 is 2.67 bits per heavy atom. The minimum Gasteiger partial charge on any atom is -0.311 e. The van der Waals surface area contributed by atoms with Crippen molar-refractivity contribution < 1.29 is 0 Å². The molecule has 0 aromatic rings. The minimum atomic E-state index is 0.716. The zero-order chi connectivity index (χ0) is 13.1. The predicted octanol–water partition coefficient (Wildman–Crippen LogP) is 2.98. The molecule has 1 N–H and O–H groups in total. The largest absolute Gasteiger partial charge is 0.311 e. The number of hydrogen-bond donors (Lipinski definition) is 1. The van der Waals surface area contributed by atoms with Gasteiger partial charge >= 0.3 is 0 Å². The molecule has 0 spiro atoms. The summed E-state index contributed by atoms with van der Waals surface area (Å²) in [6.45, 7) is 9.53. The van der Waals surface area contributed by atoms with Crippen molar-refractivity contribution in [3.05, 3.63) is 0 Å². The topological polar surface area (TPSA) is 15.3 Å². The Balaban J connectivity index is 2.01. The van der Waals surface area contributed by atoms with Crippen LogP contribution in [0.15, 0.2) is 0 Å². The van der Waals surface area contributed by atoms with Gasteiger partial charge in [0.25, 0.3) is 0 Å². The summed E-state index contributed by atoms with van der Waals surface area (Å²) in [5.41, 5.74) is 0. The molecule has 1 aliphatic carbocycles. The maximum atomic E-state index is 3.73. The first-order valence-corrected chi connectivity index (χ1v) is 8.96. The lowest BCUT2D eigenvalue weighted by Crippen LogP contribution is -2.60. The van der Waals surface area contributed by atoms with Gasteiger partial charge in [-0.2, -0.15) is 11.8 Å². The molecule has 0 aromatic heterocycles. The van der Waals surface area contributed by atoms with E-state index in [1.165, 1.54) is 38.8 Å². The van der Waals surface area contributed by atoms with Crippen LogP contribution >= 0.6 is 11.8 Å². The SMILES string of the molecule is CCC1CN(C2CCC(SC)C2)C(C(C)C)CN1. The van der Waals surface area contributed by atoms with Crippen molar-refractivity contribution in [2.24, 2.45) is 5.92 Å². The summed E-state index contributed by atoms with van der Waals surface area (Å²) in [4.78, 5) is 2.85. The van der Waals surface area contributed by atoms with Gasteiger partial charge in [-0.15, -0.1) is 0 Å². The van der Waals surface area contributed by atoms with E-state index < -0.39 is 0 Å². The maximum Gasteiger partial charge on any atom is 0.0247 e. The fourth-order valence-electron chi connectivity index (χ4n) is 3.60. The van der Waals surface area contributed by atoms with Gasteiger partial charge in [-0.3, -0.25) is 4.90 Å². The number of rotatable bonds is 4. The fraction of sp³-hybridized carbons (Fsp3) is 1.00. The van der Waals surface area contributed by atoms with Gasteiger partial charge < -0.3 is 5.32 Å². The second kappa shape index (κ2) is 6.62. The Morgan fingerprint density at radius 2 is 2.11 bits per heavy atom. The molecule has 1 aliphatic heterocycles. The average Bonchev–Trinajstić information content (AvgIpc) is 2.86. The number of nitrogens with zero attached hydrogens (tertiary/aromatic N) is 1. The Kier molecular flexibility index (Phi) is 5.40. The third-order valence-corrected chi connectivity index (χ3v) is 5.99. The molecule has 0 radical (unpaired) electrons. The van der Waals surface area contributed by atoms with E-state index >= 15 is 0 Å². The molecule has 1 saturated heterocycles. The lowest BCUT2D eigenvalue weighted by atomic mass is 9.95. The van der Waals surface area contributed by atoms with Gasteiger partial charge in [0, 0.05) is 36.5 Å². The van der Waals surface area contributed by atoms with Gasteiger partial charge in [-0.25, -0.2) is 0 Å². The van der Waals surface area contributed by atoms with Crippen molar-refractivity contribution in [2.75, 3.05) is 19.3 Å². The zero-order valence-corrected chi connectivity index (χ0v) is 13.3. The number of hydrogen-bond acceptors (Lipinski definition) is 3. The highest BCUT2D eigenvalue weighted by molar-refractivity contribution is 7.99. The molecule has 2 fully saturated rings. The van der Waals surface area contributed by atoms with Crippen molar-refractivity contribution in [2.45, 2.75) is 69.8 Å². The summed E-state index contributed by atoms with van der Waals surface area (Å²) in [7, 11) is 0. The van der Waals surface area contributed by atoms with Crippen molar-refractivity contribution >= 4 is 11.8 Å². The Bertz CT molecular complexity index is 257. The minimum absolute atomic E-state index is 0.716. The Labute approximate surface area is 117 Å². The molecule has 0 amide bonds. The van der Waals surface area contributed by atoms with Gasteiger partial charge in [0.2, 0.25) is 0 Å². The van der Waals surface area contributed by atoms with Crippen LogP contribution in [0.4, 0.5) is 0 Å². The number of thioether (sulfide) groups is 1. The second-order valence-electron chi connectivity index (χ2n) is 6.35. The lowest BCUT2D eigenvalue weighted by molar-refractivity contribution is 0.0570. The smallest absolute Gasteiger partial charge is 0.0247 e. The molecular formula is C15H30N2S. The van der Waals surface area contributed by atoms with E-state index in [0.717, 1.165) is 23.3 Å². The highest BCUT2D eigenvalue weighted by atomic mass is 32.2. The molecule has 1 saturated carbocycles. The Morgan fingerprint density at radius 1 is 1.33 bits per heavy atom. The van der Waals surface area contributed by atoms with Crippen LogP contribution in [0.1, 0.15) is 46.5 Å². The lowest BCUT2D eigenvalue weighted by Gasteiger charge is -2.45. The van der Waals surface area contributed by atoms with Gasteiger partial charge in [0.1, 0.15) is 0 Å². The maximum absolute atomic E-state index is 3.73. The molecule has 0 aromatic carbocycles. The van der Waals surface area contributed by atoms with E-state index in [2.05, 4.69) is 49.0 Å². The monoisotopic (exact) mass is 270 g/mol. The van der Waals surface area contributed by atoms with E-state index in [4.69, 9.17) is 0 Å². The van der Waals surface area contributed by atoms with E-state index in [1.807, 2.05) is 0 Å². The Hall–Kier alpha value is 0.270. The fourth-order valence-corrected chi connectivity index (χ4v) is 4.39. The molecular weight excluding hydrogens is 240 g/mol. The van der Waals surface area contributed by atoms with Crippen LogP contribution in [-0.4, -0.2) is 47.6 Å². The van der Waals surface area contributed by atoms with E-state index in [1.54, 1.807) is 0 Å². The van der Waals surface area contributed by atoms with Crippen molar-refractivity contribution in [1.82, 2.24) is 10.2 Å². The summed E-state index contributed by atoms with van der Waals surface area (Å²) in [6.07, 6.45) is 7.81. The zero-order valence-electron chi connectivity index (χ0n) is 12.5. The first-order chi connectivity index (χ1) is 8.65. The van der Waals surface area contributed by atoms with Gasteiger partial charge in [0.05, 0.1) is 0 Å². The van der Waals surface area contributed by atoms with E-state index in [0.29, 0.717) is 6.04 Å². The van der Waals surface area contributed by atoms with Crippen LogP contribution in [0.2, 0.25) is 0 Å². The third-order valence-electron chi connectivity index (χ3n) is 4.89. The molecule has 3 heteroatoms. The highest BCUT2D eigenvalue weighted by Crippen LogP contribution is 2.34. The molecule has 4 unspecified atom stereocenters. The molecule has 0 bridgehead atoms. The van der Waals surface area contributed by atoms with Crippen LogP contribution in [0.25, 0.3) is 0 Å². The summed E-state index contributed by atoms with van der Waals surface area (Å²) < 4.78 is 0. The normalized spacial score (nSPS) is 38.5. The molecule has 106 valence electrons. The third kappa shape index (κ3) is 3.23. The van der Waals surface area contributed by atoms with E-state index in [-0.39, 0.29) is 0 Å². The standard InChI is InChI=1S/C15H30N2S/c1-5-12-10-17(15(9-16-12)11(2)3)13-6-7-14(8-13)18-4/h11-16H,5-10H2,1-4H3. The van der Waals surface area contributed by atoms with Gasteiger partial charge in [-0.1, -0.05) is 20.8 Å². The summed E-state index contributed by atoms with van der Waals surface area (Å²) in [5, 5.41) is 4.65. The average molecular weight is 270 g/mol. The van der Waals surface area contributed by atoms with E-state index in [9.17, 15) is 0 Å². The molecule has 2 nitrogen and oxygen atoms in total. The molecule has 1 heterocycles. The first-order valence-electron chi connectivity index (χ1n) is 7.67. The predicted molar refractivity (Wildman–Crippen MR) is 82.4 cm³/mol. The summed E-state index contributed by atoms with van der Waals surface area (Å²) >= 11 is 2.07. The summed E-state index contributed by atoms with van der Waals surface area (Å²) in [6, 6.07) is 2.32. The molecule has 4 atom stereocenters. The van der Waals surface area contributed by atoms with Crippen molar-refractivity contribution in [3.63, 3.8) is 0 Å². The summed E-state index contributed by atoms with van der Waals surface area (Å²) in [5.74, 6) is 0.767. The molecule has 2 rings (SSSR count). The van der Waals surface area contributed by atoms with Crippen LogP contribution in [0.5, 0.6) is 0 Å². The quantitative estimate of drug-likeness (QED) is 0.845. The second-order valence-corrected chi connectivity index (χ2v) is 7.48. The first kappa shape index (κ1) is 14.7.